The molecule has 0 nitrogen and oxygen atoms in total. The Morgan fingerprint density at radius 2 is 1.57 bits per heavy atom. The Labute approximate surface area is 50.9 Å². The number of rotatable bonds is 2. The minimum atomic E-state index is 0.167. The maximum atomic E-state index is 5.15. The number of alkyl halides is 1. The van der Waals surface area contributed by atoms with E-state index in [4.69, 9.17) is 11.6 Å². The van der Waals surface area contributed by atoms with Crippen molar-refractivity contribution in [3.63, 3.8) is 0 Å². The number of hydrogen-bond acceptors (Lipinski definition) is 0. The Kier molecular flexibility index (Phi) is 2.67. The van der Waals surface area contributed by atoms with Crippen LogP contribution in [0.15, 0.2) is 0 Å². The third-order valence-corrected chi connectivity index (χ3v) is 2.07. The smallest absolute Gasteiger partial charge is 0.0596 e. The highest BCUT2D eigenvalue weighted by Crippen LogP contribution is 2.13. The lowest BCUT2D eigenvalue weighted by molar-refractivity contribution is -0.473. The van der Waals surface area contributed by atoms with Gasteiger partial charge in [0, 0.05) is 12.8 Å². The molecule has 0 unspecified atom stereocenters. The van der Waals surface area contributed by atoms with Crippen LogP contribution in [0.25, 0.3) is 0 Å². The lowest BCUT2D eigenvalue weighted by Crippen LogP contribution is -2.16. The van der Waals surface area contributed by atoms with Gasteiger partial charge in [-0.25, -0.2) is 0 Å². The Morgan fingerprint density at radius 1 is 1.29 bits per heavy atom. The van der Waals surface area contributed by atoms with Gasteiger partial charge in [0.05, 0.1) is 0 Å². The van der Waals surface area contributed by atoms with Crippen molar-refractivity contribution >= 4 is 0 Å². The highest BCUT2D eigenvalue weighted by molar-refractivity contribution is 4.63. The minimum Gasteiger partial charge on any atom is -0.0596 e. The SMILES string of the molecule is CCC(C)([ClH+])CC. The van der Waals surface area contributed by atoms with Crippen molar-refractivity contribution in [3.05, 3.63) is 0 Å². The van der Waals surface area contributed by atoms with Crippen molar-refractivity contribution in [2.24, 2.45) is 0 Å². The Hall–Kier alpha value is 0.290. The van der Waals surface area contributed by atoms with Gasteiger partial charge in [-0.2, -0.15) is 0 Å². The molecule has 0 spiro atoms. The molecular weight excluding hydrogens is 108 g/mol. The van der Waals surface area contributed by atoms with Gasteiger partial charge < -0.3 is 0 Å². The number of hydrogen-bond donors (Lipinski definition) is 0. The normalized spacial score (nSPS) is 12.0. The van der Waals surface area contributed by atoms with Gasteiger partial charge >= 0.3 is 0 Å². The van der Waals surface area contributed by atoms with E-state index in [1.54, 1.807) is 0 Å². The zero-order valence-electron chi connectivity index (χ0n) is 5.32. The van der Waals surface area contributed by atoms with Crippen LogP contribution in [0, 0.1) is 11.6 Å². The van der Waals surface area contributed by atoms with Crippen molar-refractivity contribution < 1.29 is 11.6 Å². The molecule has 44 valence electrons. The topological polar surface area (TPSA) is 0 Å². The monoisotopic (exact) mass is 121 g/mol. The van der Waals surface area contributed by atoms with Gasteiger partial charge in [0.25, 0.3) is 0 Å². The summed E-state index contributed by atoms with van der Waals surface area (Å²) in [7, 11) is 0. The molecule has 0 aromatic carbocycles. The highest BCUT2D eigenvalue weighted by atomic mass is 35.5. The quantitative estimate of drug-likeness (QED) is 0.489. The van der Waals surface area contributed by atoms with Crippen LogP contribution < -0.4 is 0 Å². The van der Waals surface area contributed by atoms with Crippen LogP contribution in [-0.2, 0) is 0 Å². The van der Waals surface area contributed by atoms with Gasteiger partial charge in [-0.15, -0.1) is 0 Å². The second-order valence-corrected chi connectivity index (χ2v) is 3.14. The predicted octanol–water partition coefficient (Wildman–Crippen LogP) is 1.85. The predicted molar refractivity (Wildman–Crippen MR) is 30.4 cm³/mol. The summed E-state index contributed by atoms with van der Waals surface area (Å²) in [6.07, 6.45) is 2.22. The molecule has 0 fully saturated rings. The van der Waals surface area contributed by atoms with Crippen molar-refractivity contribution in [1.29, 1.82) is 0 Å². The van der Waals surface area contributed by atoms with Crippen LogP contribution in [0.2, 0.25) is 0 Å². The average molecular weight is 122 g/mol. The molecule has 0 aliphatic carbocycles. The summed E-state index contributed by atoms with van der Waals surface area (Å²) < 4.78 is 0. The molecule has 7 heavy (non-hydrogen) atoms. The summed E-state index contributed by atoms with van der Waals surface area (Å²) in [5.41, 5.74) is 0. The summed E-state index contributed by atoms with van der Waals surface area (Å²) in [4.78, 5) is 0.167. The van der Waals surface area contributed by atoms with Gasteiger partial charge in [-0.3, -0.25) is 0 Å². The Balaban J connectivity index is 3.36. The standard InChI is InChI=1S/C6H14Cl/c1-4-6(3,7)5-2/h7H,4-5H2,1-3H3/q+1. The van der Waals surface area contributed by atoms with E-state index in [-0.39, 0.29) is 4.87 Å². The van der Waals surface area contributed by atoms with Gasteiger partial charge in [0.2, 0.25) is 0 Å². The van der Waals surface area contributed by atoms with Crippen LogP contribution in [0.5, 0.6) is 0 Å². The first-order valence-corrected chi connectivity index (χ1v) is 3.23. The first-order valence-electron chi connectivity index (χ1n) is 2.83. The fraction of sp³-hybridized carbons (Fsp3) is 1.00. The summed E-state index contributed by atoms with van der Waals surface area (Å²) in [6.45, 7) is 6.38. The fourth-order valence-electron chi connectivity index (χ4n) is 0.250. The van der Waals surface area contributed by atoms with E-state index in [1.165, 1.54) is 0 Å². The molecule has 0 saturated carbocycles. The van der Waals surface area contributed by atoms with E-state index in [0.717, 1.165) is 12.8 Å². The van der Waals surface area contributed by atoms with Gasteiger partial charge in [0.15, 0.2) is 4.87 Å². The van der Waals surface area contributed by atoms with E-state index in [0.29, 0.717) is 0 Å². The molecule has 0 amide bonds. The van der Waals surface area contributed by atoms with E-state index < -0.39 is 0 Å². The molecule has 0 aliphatic rings. The van der Waals surface area contributed by atoms with Crippen molar-refractivity contribution in [3.8, 4) is 0 Å². The van der Waals surface area contributed by atoms with Crippen molar-refractivity contribution in [1.82, 2.24) is 0 Å². The summed E-state index contributed by atoms with van der Waals surface area (Å²) in [5.74, 6) is 0. The first kappa shape index (κ1) is 7.29. The van der Waals surface area contributed by atoms with Crippen LogP contribution in [0.4, 0.5) is 0 Å². The maximum absolute atomic E-state index is 5.15. The van der Waals surface area contributed by atoms with E-state index in [1.807, 2.05) is 0 Å². The van der Waals surface area contributed by atoms with Crippen LogP contribution >= 0.6 is 0 Å². The van der Waals surface area contributed by atoms with E-state index in [2.05, 4.69) is 20.8 Å². The molecule has 0 aliphatic heterocycles. The molecule has 0 atom stereocenters. The van der Waals surface area contributed by atoms with Crippen LogP contribution in [0.1, 0.15) is 33.6 Å². The molecule has 0 heterocycles. The second-order valence-electron chi connectivity index (χ2n) is 2.16. The largest absolute Gasteiger partial charge is 0.185 e. The second kappa shape index (κ2) is 2.56. The molecule has 1 heteroatoms. The Bertz CT molecular complexity index is 42.1. The Morgan fingerprint density at radius 3 is 1.57 bits per heavy atom. The summed E-state index contributed by atoms with van der Waals surface area (Å²) in [6, 6.07) is 0. The lowest BCUT2D eigenvalue weighted by atomic mass is 10.1. The van der Waals surface area contributed by atoms with Crippen molar-refractivity contribution in [2.45, 2.75) is 38.5 Å². The fourth-order valence-corrected chi connectivity index (χ4v) is 0.250. The molecular formula is C6H14Cl+. The average Bonchev–Trinajstić information content (AvgIpc) is 1.68. The zero-order valence-corrected chi connectivity index (χ0v) is 6.14. The molecule has 0 N–H and O–H groups in total. The highest BCUT2D eigenvalue weighted by Gasteiger charge is 2.23. The van der Waals surface area contributed by atoms with Gasteiger partial charge in [0.1, 0.15) is 11.6 Å². The minimum absolute atomic E-state index is 0.167. The van der Waals surface area contributed by atoms with Crippen molar-refractivity contribution in [2.75, 3.05) is 0 Å². The first-order chi connectivity index (χ1) is 3.12. The maximum Gasteiger partial charge on any atom is 0.185 e. The van der Waals surface area contributed by atoms with E-state index in [9.17, 15) is 0 Å². The van der Waals surface area contributed by atoms with E-state index >= 15 is 0 Å². The molecule has 0 saturated heterocycles. The third-order valence-electron chi connectivity index (χ3n) is 1.50. The molecule has 0 aromatic rings. The molecule has 0 bridgehead atoms. The lowest BCUT2D eigenvalue weighted by Gasteiger charge is -2.05. The summed E-state index contributed by atoms with van der Waals surface area (Å²) >= 11 is 5.15. The zero-order chi connectivity index (χ0) is 5.91. The van der Waals surface area contributed by atoms with Gasteiger partial charge in [-0.1, -0.05) is 13.8 Å². The third kappa shape index (κ3) is 2.93. The summed E-state index contributed by atoms with van der Waals surface area (Å²) in [5, 5.41) is 0. The molecule has 0 radical (unpaired) electrons. The van der Waals surface area contributed by atoms with Crippen LogP contribution in [0.3, 0.4) is 0 Å². The number of halogens is 1. The molecule has 0 rings (SSSR count). The molecule has 0 aromatic heterocycles. The van der Waals surface area contributed by atoms with Crippen LogP contribution in [-0.4, -0.2) is 4.87 Å². The van der Waals surface area contributed by atoms with Gasteiger partial charge in [-0.05, 0) is 6.92 Å².